The van der Waals surface area contributed by atoms with Crippen LogP contribution in [-0.2, 0) is 10.0 Å². The molecule has 1 atom stereocenters. The van der Waals surface area contributed by atoms with E-state index in [1.54, 1.807) is 18.2 Å². The first-order valence-corrected chi connectivity index (χ1v) is 13.8. The normalized spacial score (nSPS) is 16.3. The van der Waals surface area contributed by atoms with Crippen LogP contribution in [0.3, 0.4) is 0 Å². The second-order valence-electron chi connectivity index (χ2n) is 8.86. The van der Waals surface area contributed by atoms with E-state index in [2.05, 4.69) is 20.3 Å². The van der Waals surface area contributed by atoms with E-state index < -0.39 is 21.9 Å². The number of hydrogen-bond acceptors (Lipinski definition) is 7. The van der Waals surface area contributed by atoms with Crippen LogP contribution in [0.1, 0.15) is 31.6 Å². The minimum absolute atomic E-state index is 0.227. The molecule has 8 nitrogen and oxygen atoms in total. The largest absolute Gasteiger partial charge is 0.474 e. The molecule has 2 aromatic heterocycles. The smallest absolute Gasteiger partial charge is 0.226 e. The molecule has 1 fully saturated rings. The molecule has 1 aliphatic heterocycles. The summed E-state index contributed by atoms with van der Waals surface area (Å²) in [6.45, 7) is 2.59. The summed E-state index contributed by atoms with van der Waals surface area (Å²) < 4.78 is 46.2. The summed E-state index contributed by atoms with van der Waals surface area (Å²) in [5.74, 6) is 0.263. The fraction of sp³-hybridized carbons (Fsp3) is 0.320. The number of benzene rings is 2. The molecule has 11 heteroatoms. The van der Waals surface area contributed by atoms with E-state index in [1.807, 2.05) is 31.2 Å². The first-order chi connectivity index (χ1) is 17.2. The van der Waals surface area contributed by atoms with E-state index in [-0.39, 0.29) is 6.10 Å². The highest BCUT2D eigenvalue weighted by atomic mass is 35.5. The maximum atomic E-state index is 14.8. The molecule has 188 valence electrons. The second-order valence-corrected chi connectivity index (χ2v) is 11.3. The van der Waals surface area contributed by atoms with E-state index in [4.69, 9.17) is 16.3 Å². The SMILES string of the molecule is C[C@H](Nc1c(F)cnc2ccccc12)c1nc(OC2CCN(S(C)(=O)=O)CC2)c2c(Cl)cccc2n1. The van der Waals surface area contributed by atoms with Gasteiger partial charge in [-0.05, 0) is 38.0 Å². The first kappa shape index (κ1) is 24.6. The molecule has 1 saturated heterocycles. The van der Waals surface area contributed by atoms with E-state index >= 15 is 0 Å². The fourth-order valence-corrected chi connectivity index (χ4v) is 5.51. The Kier molecular flexibility index (Phi) is 6.67. The summed E-state index contributed by atoms with van der Waals surface area (Å²) in [6, 6.07) is 12.2. The van der Waals surface area contributed by atoms with Gasteiger partial charge in [-0.3, -0.25) is 4.98 Å². The average molecular weight is 530 g/mol. The highest BCUT2D eigenvalue weighted by Crippen LogP contribution is 2.34. The number of sulfonamides is 1. The van der Waals surface area contributed by atoms with Crippen molar-refractivity contribution in [2.45, 2.75) is 31.9 Å². The second kappa shape index (κ2) is 9.76. The zero-order valence-corrected chi connectivity index (χ0v) is 21.4. The van der Waals surface area contributed by atoms with Crippen LogP contribution in [0.5, 0.6) is 5.88 Å². The van der Waals surface area contributed by atoms with Gasteiger partial charge in [0.15, 0.2) is 11.6 Å². The molecule has 0 unspecified atom stereocenters. The highest BCUT2D eigenvalue weighted by molar-refractivity contribution is 7.88. The summed E-state index contributed by atoms with van der Waals surface area (Å²) >= 11 is 6.49. The van der Waals surface area contributed by atoms with E-state index in [1.165, 1.54) is 16.8 Å². The predicted octanol–water partition coefficient (Wildman–Crippen LogP) is 4.95. The Labute approximate surface area is 213 Å². The number of halogens is 2. The topological polar surface area (TPSA) is 97.3 Å². The number of anilines is 1. The monoisotopic (exact) mass is 529 g/mol. The molecule has 0 saturated carbocycles. The molecule has 0 radical (unpaired) electrons. The van der Waals surface area contributed by atoms with Gasteiger partial charge in [0.25, 0.3) is 0 Å². The van der Waals surface area contributed by atoms with Crippen molar-refractivity contribution >= 4 is 49.1 Å². The van der Waals surface area contributed by atoms with Crippen molar-refractivity contribution in [2.24, 2.45) is 0 Å². The van der Waals surface area contributed by atoms with Crippen molar-refractivity contribution in [2.75, 3.05) is 24.7 Å². The van der Waals surface area contributed by atoms with Crippen molar-refractivity contribution in [1.29, 1.82) is 0 Å². The number of piperidine rings is 1. The van der Waals surface area contributed by atoms with Crippen molar-refractivity contribution in [3.05, 3.63) is 65.3 Å². The number of nitrogens with one attached hydrogen (secondary N) is 1. The number of nitrogens with zero attached hydrogens (tertiary/aromatic N) is 4. The van der Waals surface area contributed by atoms with Crippen LogP contribution in [-0.4, -0.2) is 53.1 Å². The lowest BCUT2D eigenvalue weighted by Gasteiger charge is -2.30. The number of hydrogen-bond donors (Lipinski definition) is 1. The van der Waals surface area contributed by atoms with Crippen molar-refractivity contribution in [1.82, 2.24) is 19.3 Å². The molecule has 0 spiro atoms. The maximum absolute atomic E-state index is 14.8. The summed E-state index contributed by atoms with van der Waals surface area (Å²) in [7, 11) is -3.24. The molecule has 5 rings (SSSR count). The number of rotatable bonds is 6. The lowest BCUT2D eigenvalue weighted by atomic mass is 10.1. The molecular weight excluding hydrogens is 505 g/mol. The van der Waals surface area contributed by atoms with Crippen molar-refractivity contribution < 1.29 is 17.5 Å². The van der Waals surface area contributed by atoms with Gasteiger partial charge >= 0.3 is 0 Å². The fourth-order valence-electron chi connectivity index (χ4n) is 4.39. The van der Waals surface area contributed by atoms with Crippen LogP contribution >= 0.6 is 11.6 Å². The van der Waals surface area contributed by atoms with Gasteiger partial charge in [0, 0.05) is 18.5 Å². The molecule has 4 aromatic rings. The number of fused-ring (bicyclic) bond motifs is 2. The van der Waals surface area contributed by atoms with Gasteiger partial charge in [0.2, 0.25) is 15.9 Å². The van der Waals surface area contributed by atoms with Gasteiger partial charge in [-0.2, -0.15) is 4.98 Å². The Morgan fingerprint density at radius 2 is 1.83 bits per heavy atom. The zero-order valence-electron chi connectivity index (χ0n) is 19.8. The van der Waals surface area contributed by atoms with Crippen LogP contribution < -0.4 is 10.1 Å². The minimum Gasteiger partial charge on any atom is -0.474 e. The molecule has 2 aromatic carbocycles. The number of aromatic nitrogens is 3. The molecular formula is C25H25ClFN5O3S. The highest BCUT2D eigenvalue weighted by Gasteiger charge is 2.27. The van der Waals surface area contributed by atoms with Gasteiger partial charge in [-0.25, -0.2) is 22.1 Å². The third-order valence-electron chi connectivity index (χ3n) is 6.28. The lowest BCUT2D eigenvalue weighted by molar-refractivity contribution is 0.131. The Hall–Kier alpha value is -3.08. The van der Waals surface area contributed by atoms with Gasteiger partial charge in [-0.15, -0.1) is 0 Å². The van der Waals surface area contributed by atoms with Crippen LogP contribution in [0, 0.1) is 5.82 Å². The van der Waals surface area contributed by atoms with Gasteiger partial charge in [-0.1, -0.05) is 35.9 Å². The summed E-state index contributed by atoms with van der Waals surface area (Å²) in [4.78, 5) is 13.5. The molecule has 0 aliphatic carbocycles. The predicted molar refractivity (Wildman–Crippen MR) is 138 cm³/mol. The Bertz CT molecular complexity index is 1540. The van der Waals surface area contributed by atoms with E-state index in [9.17, 15) is 12.8 Å². The lowest BCUT2D eigenvalue weighted by Crippen LogP contribution is -2.41. The van der Waals surface area contributed by atoms with Crippen molar-refractivity contribution in [3.8, 4) is 5.88 Å². The third-order valence-corrected chi connectivity index (χ3v) is 7.90. The van der Waals surface area contributed by atoms with Gasteiger partial charge < -0.3 is 10.1 Å². The molecule has 3 heterocycles. The van der Waals surface area contributed by atoms with Crippen LogP contribution in [0.25, 0.3) is 21.8 Å². The molecule has 0 bridgehead atoms. The quantitative estimate of drug-likeness (QED) is 0.377. The van der Waals surface area contributed by atoms with Gasteiger partial charge in [0.05, 0.1) is 45.6 Å². The number of para-hydroxylation sites is 1. The van der Waals surface area contributed by atoms with Crippen LogP contribution in [0.2, 0.25) is 5.02 Å². The average Bonchev–Trinajstić information content (AvgIpc) is 2.85. The number of pyridine rings is 1. The Morgan fingerprint density at radius 3 is 2.58 bits per heavy atom. The van der Waals surface area contributed by atoms with Crippen molar-refractivity contribution in [3.63, 3.8) is 0 Å². The minimum atomic E-state index is -3.24. The Balaban J connectivity index is 1.47. The van der Waals surface area contributed by atoms with Crippen LogP contribution in [0.15, 0.2) is 48.7 Å². The molecule has 0 amide bonds. The first-order valence-electron chi connectivity index (χ1n) is 11.6. The summed E-state index contributed by atoms with van der Waals surface area (Å²) in [6.07, 6.45) is 3.23. The molecule has 1 aliphatic rings. The summed E-state index contributed by atoms with van der Waals surface area (Å²) in [5.41, 5.74) is 1.59. The zero-order chi connectivity index (χ0) is 25.4. The molecule has 36 heavy (non-hydrogen) atoms. The summed E-state index contributed by atoms with van der Waals surface area (Å²) in [5, 5.41) is 4.89. The Morgan fingerprint density at radius 1 is 1.11 bits per heavy atom. The van der Waals surface area contributed by atoms with Crippen LogP contribution in [0.4, 0.5) is 10.1 Å². The standard InChI is InChI=1S/C25H25ClFN5O3S/c1-15(29-23-17-6-3-4-8-20(17)28-14-19(23)27)24-30-21-9-5-7-18(26)22(21)25(31-24)35-16-10-12-32(13-11-16)36(2,33)34/h3-9,14-16H,10-13H2,1-2H3,(H,28,29)/t15-/m0/s1. The van der Waals surface area contributed by atoms with Gasteiger partial charge in [0.1, 0.15) is 6.10 Å². The van der Waals surface area contributed by atoms with E-state index in [0.29, 0.717) is 70.2 Å². The maximum Gasteiger partial charge on any atom is 0.226 e. The molecule has 1 N–H and O–H groups in total. The third kappa shape index (κ3) is 4.93. The number of ether oxygens (including phenoxy) is 1. The van der Waals surface area contributed by atoms with E-state index in [0.717, 1.165) is 0 Å².